The Morgan fingerprint density at radius 3 is 2.76 bits per heavy atom. The Labute approximate surface area is 196 Å². The number of nitrogens with zero attached hydrogens (tertiary/aromatic N) is 3. The van der Waals surface area contributed by atoms with E-state index >= 15 is 0 Å². The number of fused-ring (bicyclic) bond motifs is 2. The first-order chi connectivity index (χ1) is 16.2. The molecule has 1 amide bonds. The molecular formula is C27H34N4O2. The third-order valence-electron chi connectivity index (χ3n) is 7.12. The van der Waals surface area contributed by atoms with E-state index in [1.54, 1.807) is 0 Å². The monoisotopic (exact) mass is 446 g/mol. The molecule has 1 N–H and O–H groups in total. The van der Waals surface area contributed by atoms with E-state index in [2.05, 4.69) is 59.6 Å². The van der Waals surface area contributed by atoms with E-state index in [1.165, 1.54) is 16.8 Å². The zero-order valence-electron chi connectivity index (χ0n) is 19.5. The highest BCUT2D eigenvalue weighted by molar-refractivity contribution is 5.98. The fourth-order valence-electron chi connectivity index (χ4n) is 5.39. The average molecular weight is 447 g/mol. The van der Waals surface area contributed by atoms with Gasteiger partial charge in [0.15, 0.2) is 5.96 Å². The summed E-state index contributed by atoms with van der Waals surface area (Å²) in [4.78, 5) is 21.6. The Morgan fingerprint density at radius 1 is 1.12 bits per heavy atom. The molecule has 3 heterocycles. The summed E-state index contributed by atoms with van der Waals surface area (Å²) >= 11 is 0. The fraction of sp³-hybridized carbons (Fsp3) is 0.481. The van der Waals surface area contributed by atoms with Gasteiger partial charge in [-0.2, -0.15) is 0 Å². The molecule has 3 aliphatic heterocycles. The van der Waals surface area contributed by atoms with E-state index in [9.17, 15) is 4.79 Å². The third-order valence-corrected chi connectivity index (χ3v) is 7.12. The van der Waals surface area contributed by atoms with Crippen LogP contribution in [0.4, 0.5) is 5.69 Å². The predicted octanol–water partition coefficient (Wildman–Crippen LogP) is 4.13. The molecule has 6 heteroatoms. The van der Waals surface area contributed by atoms with Gasteiger partial charge < -0.3 is 19.9 Å². The molecule has 3 aliphatic rings. The molecule has 2 atom stereocenters. The molecule has 2 unspecified atom stereocenters. The summed E-state index contributed by atoms with van der Waals surface area (Å²) in [7, 11) is 0. The lowest BCUT2D eigenvalue weighted by molar-refractivity contribution is -0.127. The molecule has 0 aliphatic carbocycles. The number of likely N-dealkylation sites (tertiary alicyclic amines) is 1. The third kappa shape index (κ3) is 4.56. The highest BCUT2D eigenvalue weighted by Gasteiger charge is 2.32. The number of hydrogen-bond donors (Lipinski definition) is 1. The second-order valence-electron chi connectivity index (χ2n) is 9.21. The quantitative estimate of drug-likeness (QED) is 0.535. The number of guanidine groups is 1. The van der Waals surface area contributed by atoms with Crippen LogP contribution >= 0.6 is 0 Å². The minimum absolute atomic E-state index is 0.310. The molecular weight excluding hydrogens is 412 g/mol. The molecule has 0 bridgehead atoms. The molecule has 0 radical (unpaired) electrons. The summed E-state index contributed by atoms with van der Waals surface area (Å²) in [6, 6.07) is 17.0. The minimum Gasteiger partial charge on any atom is -0.493 e. The maximum absolute atomic E-state index is 12.1. The molecule has 2 aromatic carbocycles. The molecule has 0 aromatic heterocycles. The van der Waals surface area contributed by atoms with Gasteiger partial charge in [0.25, 0.3) is 0 Å². The highest BCUT2D eigenvalue weighted by Crippen LogP contribution is 2.39. The van der Waals surface area contributed by atoms with E-state index in [0.29, 0.717) is 24.2 Å². The van der Waals surface area contributed by atoms with Gasteiger partial charge in [0, 0.05) is 56.7 Å². The van der Waals surface area contributed by atoms with Crippen molar-refractivity contribution in [2.75, 3.05) is 44.2 Å². The van der Waals surface area contributed by atoms with E-state index in [-0.39, 0.29) is 0 Å². The summed E-state index contributed by atoms with van der Waals surface area (Å²) in [5.74, 6) is 3.04. The van der Waals surface area contributed by atoms with Crippen molar-refractivity contribution in [3.63, 3.8) is 0 Å². The molecule has 0 spiro atoms. The van der Waals surface area contributed by atoms with Crippen LogP contribution in [-0.4, -0.2) is 56.1 Å². The van der Waals surface area contributed by atoms with Crippen LogP contribution in [-0.2, 0) is 4.79 Å². The number of carbonyl (C=O) groups excluding carboxylic acids is 1. The van der Waals surface area contributed by atoms with Crippen molar-refractivity contribution in [3.8, 4) is 5.75 Å². The van der Waals surface area contributed by atoms with Crippen LogP contribution in [0.15, 0.2) is 53.5 Å². The zero-order chi connectivity index (χ0) is 22.6. The van der Waals surface area contributed by atoms with E-state index in [1.807, 2.05) is 11.0 Å². The summed E-state index contributed by atoms with van der Waals surface area (Å²) < 4.78 is 5.84. The Morgan fingerprint density at radius 2 is 1.94 bits per heavy atom. The number of amides is 1. The van der Waals surface area contributed by atoms with Gasteiger partial charge in [0.1, 0.15) is 5.75 Å². The maximum Gasteiger partial charge on any atom is 0.222 e. The Bertz CT molecular complexity index is 1020. The van der Waals surface area contributed by atoms with E-state index in [4.69, 9.17) is 9.73 Å². The smallest absolute Gasteiger partial charge is 0.222 e. The summed E-state index contributed by atoms with van der Waals surface area (Å²) in [5, 5.41) is 3.53. The van der Waals surface area contributed by atoms with Gasteiger partial charge in [0.2, 0.25) is 5.91 Å². The lowest BCUT2D eigenvalue weighted by Crippen LogP contribution is -2.41. The number of benzene rings is 2. The first-order valence-corrected chi connectivity index (χ1v) is 12.4. The van der Waals surface area contributed by atoms with Crippen LogP contribution in [0, 0.1) is 0 Å². The first-order valence-electron chi connectivity index (χ1n) is 12.4. The lowest BCUT2D eigenvalue weighted by Gasteiger charge is -2.27. The number of hydrogen-bond acceptors (Lipinski definition) is 3. The van der Waals surface area contributed by atoms with Crippen molar-refractivity contribution >= 4 is 17.6 Å². The zero-order valence-corrected chi connectivity index (χ0v) is 19.5. The number of para-hydroxylation sites is 2. The molecule has 1 saturated heterocycles. The van der Waals surface area contributed by atoms with Gasteiger partial charge in [-0.15, -0.1) is 0 Å². The van der Waals surface area contributed by atoms with Gasteiger partial charge in [-0.25, -0.2) is 0 Å². The van der Waals surface area contributed by atoms with Gasteiger partial charge in [-0.3, -0.25) is 9.79 Å². The largest absolute Gasteiger partial charge is 0.493 e. The molecule has 33 heavy (non-hydrogen) atoms. The van der Waals surface area contributed by atoms with Gasteiger partial charge in [-0.1, -0.05) is 36.4 Å². The number of carbonyl (C=O) groups is 1. The first kappa shape index (κ1) is 21.8. The Kier molecular flexibility index (Phi) is 6.51. The average Bonchev–Trinajstić information content (AvgIpc) is 3.43. The fourth-order valence-corrected chi connectivity index (χ4v) is 5.39. The summed E-state index contributed by atoms with van der Waals surface area (Å²) in [6.45, 7) is 7.10. The SMILES string of the molecule is CCNC(=NCC1CCOc2ccccc21)N1CC(CCN2CCCC2=O)c2ccccc21. The van der Waals surface area contributed by atoms with Crippen molar-refractivity contribution < 1.29 is 9.53 Å². The van der Waals surface area contributed by atoms with Crippen LogP contribution in [0.1, 0.15) is 55.6 Å². The number of anilines is 1. The molecule has 1 fully saturated rings. The summed E-state index contributed by atoms with van der Waals surface area (Å²) in [6.07, 6.45) is 3.69. The van der Waals surface area contributed by atoms with Gasteiger partial charge >= 0.3 is 0 Å². The van der Waals surface area contributed by atoms with Crippen LogP contribution in [0.25, 0.3) is 0 Å². The van der Waals surface area contributed by atoms with Crippen LogP contribution in [0.5, 0.6) is 5.75 Å². The van der Waals surface area contributed by atoms with Gasteiger partial charge in [0.05, 0.1) is 6.61 Å². The molecule has 6 nitrogen and oxygen atoms in total. The minimum atomic E-state index is 0.310. The predicted molar refractivity (Wildman–Crippen MR) is 132 cm³/mol. The van der Waals surface area contributed by atoms with Crippen LogP contribution < -0.4 is 15.0 Å². The standard InChI is InChI=1S/C27H34N4O2/c1-2-28-27(29-18-20-14-17-33-25-11-6-4-9-23(20)25)31-19-21(22-8-3-5-10-24(22)31)13-16-30-15-7-12-26(30)32/h3-6,8-11,20-21H,2,7,12-19H2,1H3,(H,28,29). The number of nitrogens with one attached hydrogen (secondary N) is 1. The van der Waals surface area contributed by atoms with Crippen molar-refractivity contribution in [2.45, 2.75) is 44.4 Å². The van der Waals surface area contributed by atoms with Crippen molar-refractivity contribution in [2.24, 2.45) is 4.99 Å². The van der Waals surface area contributed by atoms with Crippen molar-refractivity contribution in [3.05, 3.63) is 59.7 Å². The van der Waals surface area contributed by atoms with Crippen LogP contribution in [0.2, 0.25) is 0 Å². The number of rotatable bonds is 6. The van der Waals surface area contributed by atoms with Crippen molar-refractivity contribution in [1.82, 2.24) is 10.2 Å². The molecule has 174 valence electrons. The molecule has 5 rings (SSSR count). The summed E-state index contributed by atoms with van der Waals surface area (Å²) in [5.41, 5.74) is 3.87. The molecule has 0 saturated carbocycles. The van der Waals surface area contributed by atoms with E-state index < -0.39 is 0 Å². The lowest BCUT2D eigenvalue weighted by atomic mass is 9.93. The Balaban J connectivity index is 1.34. The highest BCUT2D eigenvalue weighted by atomic mass is 16.5. The number of aliphatic imine (C=N–C) groups is 1. The van der Waals surface area contributed by atoms with Crippen molar-refractivity contribution in [1.29, 1.82) is 0 Å². The maximum atomic E-state index is 12.1. The van der Waals surface area contributed by atoms with Gasteiger partial charge in [-0.05, 0) is 49.4 Å². The molecule has 2 aromatic rings. The topological polar surface area (TPSA) is 57.2 Å². The second-order valence-corrected chi connectivity index (χ2v) is 9.21. The second kappa shape index (κ2) is 9.86. The van der Waals surface area contributed by atoms with Crippen LogP contribution in [0.3, 0.4) is 0 Å². The number of ether oxygens (including phenoxy) is 1. The normalized spacial score (nSPS) is 22.2. The van der Waals surface area contributed by atoms with E-state index in [0.717, 1.165) is 70.3 Å². The Hall–Kier alpha value is -3.02.